The molecule has 1 N–H and O–H groups in total. The monoisotopic (exact) mass is 261 g/mol. The van der Waals surface area contributed by atoms with Crippen molar-refractivity contribution in [3.05, 3.63) is 28.8 Å². The summed E-state index contributed by atoms with van der Waals surface area (Å²) in [7, 11) is 0. The van der Waals surface area contributed by atoms with Crippen LogP contribution in [0.25, 0.3) is 0 Å². The van der Waals surface area contributed by atoms with E-state index >= 15 is 0 Å². The molecule has 0 spiro atoms. The van der Waals surface area contributed by atoms with Crippen LogP contribution >= 0.6 is 0 Å². The second-order valence-corrected chi connectivity index (χ2v) is 6.85. The molecule has 1 aromatic carbocycles. The highest BCUT2D eigenvalue weighted by Crippen LogP contribution is 2.39. The fraction of sp³-hybridized carbons (Fsp3) is 0.500. The quantitative estimate of drug-likeness (QED) is 0.656. The molecular formula is C16H21O3. The third-order valence-electron chi connectivity index (χ3n) is 3.08. The fourth-order valence-corrected chi connectivity index (χ4v) is 1.97. The van der Waals surface area contributed by atoms with E-state index in [0.717, 1.165) is 0 Å². The summed E-state index contributed by atoms with van der Waals surface area (Å²) < 4.78 is 0. The lowest BCUT2D eigenvalue weighted by Crippen LogP contribution is -2.19. The minimum Gasteiger partial charge on any atom is -0.507 e. The first-order valence-corrected chi connectivity index (χ1v) is 6.29. The average Bonchev–Trinajstić information content (AvgIpc) is 2.25. The van der Waals surface area contributed by atoms with Crippen molar-refractivity contribution in [2.24, 2.45) is 0 Å². The van der Waals surface area contributed by atoms with E-state index in [1.54, 1.807) is 12.1 Å². The van der Waals surface area contributed by atoms with Crippen LogP contribution in [0, 0.1) is 0 Å². The van der Waals surface area contributed by atoms with E-state index in [2.05, 4.69) is 0 Å². The lowest BCUT2D eigenvalue weighted by Gasteiger charge is -2.27. The minimum atomic E-state index is -0.684. The topological polar surface area (TPSA) is 54.4 Å². The summed E-state index contributed by atoms with van der Waals surface area (Å²) in [4.78, 5) is 22.2. The Morgan fingerprint density at radius 3 is 1.63 bits per heavy atom. The van der Waals surface area contributed by atoms with Crippen LogP contribution in [-0.2, 0) is 15.6 Å². The zero-order valence-electron chi connectivity index (χ0n) is 12.4. The van der Waals surface area contributed by atoms with E-state index in [-0.39, 0.29) is 22.1 Å². The van der Waals surface area contributed by atoms with Gasteiger partial charge in [-0.25, -0.2) is 0 Å². The van der Waals surface area contributed by atoms with Gasteiger partial charge in [0.15, 0.2) is 0 Å². The van der Waals surface area contributed by atoms with Gasteiger partial charge in [0.25, 0.3) is 6.29 Å². The number of phenolic OH excluding ortho intramolecular Hbond substituents is 1. The van der Waals surface area contributed by atoms with Crippen LogP contribution in [0.2, 0.25) is 0 Å². The fourth-order valence-electron chi connectivity index (χ4n) is 1.97. The van der Waals surface area contributed by atoms with Crippen molar-refractivity contribution in [1.29, 1.82) is 0 Å². The smallest absolute Gasteiger partial charge is 0.277 e. The van der Waals surface area contributed by atoms with Crippen molar-refractivity contribution < 1.29 is 14.7 Å². The van der Waals surface area contributed by atoms with Crippen molar-refractivity contribution >= 4 is 12.1 Å². The number of ketones is 1. The van der Waals surface area contributed by atoms with Gasteiger partial charge in [0.05, 0.1) is 0 Å². The summed E-state index contributed by atoms with van der Waals surface area (Å²) in [5.41, 5.74) is 0.978. The van der Waals surface area contributed by atoms with Crippen molar-refractivity contribution in [2.45, 2.75) is 52.4 Å². The Bertz CT molecular complexity index is 479. The van der Waals surface area contributed by atoms with Gasteiger partial charge in [0, 0.05) is 16.7 Å². The van der Waals surface area contributed by atoms with Crippen molar-refractivity contribution in [3.8, 4) is 5.75 Å². The summed E-state index contributed by atoms with van der Waals surface area (Å²) in [5.74, 6) is -0.488. The van der Waals surface area contributed by atoms with Crippen LogP contribution in [0.1, 0.15) is 63.0 Å². The Morgan fingerprint density at radius 1 is 1.00 bits per heavy atom. The zero-order valence-corrected chi connectivity index (χ0v) is 12.4. The Morgan fingerprint density at radius 2 is 1.37 bits per heavy atom. The number of phenols is 1. The average molecular weight is 261 g/mol. The second-order valence-electron chi connectivity index (χ2n) is 6.85. The molecule has 0 amide bonds. The van der Waals surface area contributed by atoms with E-state index in [4.69, 9.17) is 0 Å². The molecule has 0 aliphatic heterocycles. The molecule has 0 unspecified atom stereocenters. The Balaban J connectivity index is 3.66. The van der Waals surface area contributed by atoms with Crippen LogP contribution in [-0.4, -0.2) is 17.2 Å². The van der Waals surface area contributed by atoms with Crippen molar-refractivity contribution in [3.63, 3.8) is 0 Å². The van der Waals surface area contributed by atoms with Crippen molar-refractivity contribution in [1.82, 2.24) is 0 Å². The van der Waals surface area contributed by atoms with E-state index < -0.39 is 5.78 Å². The maximum Gasteiger partial charge on any atom is 0.277 e. The summed E-state index contributed by atoms with van der Waals surface area (Å²) in [6.07, 6.45) is 1.39. The molecule has 0 aliphatic carbocycles. The van der Waals surface area contributed by atoms with Crippen molar-refractivity contribution in [2.75, 3.05) is 0 Å². The van der Waals surface area contributed by atoms with Gasteiger partial charge >= 0.3 is 0 Å². The normalized spacial score (nSPS) is 12.3. The SMILES string of the molecule is CC(C)(C)c1cc(C(=O)[C]=O)cc(C(C)(C)C)c1O. The van der Waals surface area contributed by atoms with Crippen LogP contribution in [0.3, 0.4) is 0 Å². The molecule has 1 radical (unpaired) electrons. The van der Waals surface area contributed by atoms with Gasteiger partial charge in [-0.15, -0.1) is 0 Å². The number of Topliss-reactive ketones (excluding diaryl/α,β-unsaturated/α-hetero) is 1. The summed E-state index contributed by atoms with van der Waals surface area (Å²) >= 11 is 0. The number of hydrogen-bond acceptors (Lipinski definition) is 3. The molecule has 103 valence electrons. The zero-order chi connectivity index (χ0) is 15.0. The predicted octanol–water partition coefficient (Wildman–Crippen LogP) is 3.28. The molecule has 0 aromatic heterocycles. The Hall–Kier alpha value is -1.64. The largest absolute Gasteiger partial charge is 0.507 e. The molecule has 0 saturated carbocycles. The number of rotatable bonds is 2. The molecule has 1 aromatic rings. The van der Waals surface area contributed by atoms with Gasteiger partial charge in [-0.05, 0) is 23.0 Å². The second kappa shape index (κ2) is 4.80. The molecule has 0 atom stereocenters. The number of carbonyl (C=O) groups excluding carboxylic acids is 2. The highest BCUT2D eigenvalue weighted by molar-refractivity contribution is 6.33. The molecule has 0 aliphatic rings. The molecule has 0 bridgehead atoms. The predicted molar refractivity (Wildman–Crippen MR) is 75.5 cm³/mol. The van der Waals surface area contributed by atoms with E-state index in [1.165, 1.54) is 6.29 Å². The molecule has 0 heterocycles. The Labute approximate surface area is 114 Å². The number of benzene rings is 1. The van der Waals surface area contributed by atoms with Crippen LogP contribution in [0.4, 0.5) is 0 Å². The van der Waals surface area contributed by atoms with Crippen LogP contribution in [0.15, 0.2) is 12.1 Å². The molecule has 19 heavy (non-hydrogen) atoms. The number of aromatic hydroxyl groups is 1. The lowest BCUT2D eigenvalue weighted by atomic mass is 9.78. The van der Waals surface area contributed by atoms with Gasteiger partial charge in [-0.1, -0.05) is 41.5 Å². The van der Waals surface area contributed by atoms with E-state index in [9.17, 15) is 14.7 Å². The van der Waals surface area contributed by atoms with Gasteiger partial charge < -0.3 is 5.11 Å². The minimum absolute atomic E-state index is 0.197. The molecule has 3 nitrogen and oxygen atoms in total. The van der Waals surface area contributed by atoms with E-state index in [1.807, 2.05) is 41.5 Å². The molecule has 1 rings (SSSR count). The Kier molecular flexibility index (Phi) is 3.89. The maximum absolute atomic E-state index is 11.6. The standard InChI is InChI=1S/C16H21O3/c1-15(2,3)11-7-10(13(18)9-17)8-12(14(11)19)16(4,5)6/h7-8,19H,1-6H3. The molecule has 0 fully saturated rings. The van der Waals surface area contributed by atoms with Gasteiger partial charge in [0.1, 0.15) is 5.75 Å². The molecular weight excluding hydrogens is 240 g/mol. The summed E-state index contributed by atoms with van der Waals surface area (Å²) in [5, 5.41) is 10.4. The first-order chi connectivity index (χ1) is 8.48. The first-order valence-electron chi connectivity index (χ1n) is 6.29. The number of carbonyl (C=O) groups is 1. The summed E-state index contributed by atoms with van der Waals surface area (Å²) in [6, 6.07) is 3.16. The van der Waals surface area contributed by atoms with Gasteiger partial charge in [-0.2, -0.15) is 0 Å². The van der Waals surface area contributed by atoms with Crippen LogP contribution < -0.4 is 0 Å². The van der Waals surface area contributed by atoms with Crippen LogP contribution in [0.5, 0.6) is 5.75 Å². The first kappa shape index (κ1) is 15.4. The number of hydrogen-bond donors (Lipinski definition) is 1. The lowest BCUT2D eigenvalue weighted by molar-refractivity contribution is 0.106. The summed E-state index contributed by atoms with van der Waals surface area (Å²) in [6.45, 7) is 11.7. The highest BCUT2D eigenvalue weighted by atomic mass is 16.3. The van der Waals surface area contributed by atoms with Gasteiger partial charge in [0.2, 0.25) is 5.78 Å². The third-order valence-corrected chi connectivity index (χ3v) is 3.08. The van der Waals surface area contributed by atoms with E-state index in [0.29, 0.717) is 11.1 Å². The molecule has 0 saturated heterocycles. The maximum atomic E-state index is 11.6. The third kappa shape index (κ3) is 3.22. The highest BCUT2D eigenvalue weighted by Gasteiger charge is 2.27. The molecule has 3 heteroatoms. The van der Waals surface area contributed by atoms with Gasteiger partial charge in [-0.3, -0.25) is 9.59 Å².